The van der Waals surface area contributed by atoms with E-state index in [9.17, 15) is 0 Å². The van der Waals surface area contributed by atoms with E-state index in [0.29, 0.717) is 18.2 Å². The Hall–Kier alpha value is -1.65. The molecule has 0 atom stereocenters. The van der Waals surface area contributed by atoms with E-state index in [-0.39, 0.29) is 6.61 Å². The first-order valence-corrected chi connectivity index (χ1v) is 5.72. The van der Waals surface area contributed by atoms with E-state index in [1.807, 2.05) is 6.07 Å². The van der Waals surface area contributed by atoms with Crippen LogP contribution in [0.3, 0.4) is 0 Å². The first-order valence-electron chi connectivity index (χ1n) is 5.72. The molecule has 0 fully saturated rings. The molecular weight excluding hydrogens is 230 g/mol. The quantitative estimate of drug-likeness (QED) is 0.908. The summed E-state index contributed by atoms with van der Waals surface area (Å²) in [6.45, 7) is 4.48. The van der Waals surface area contributed by atoms with Crippen LogP contribution in [0.5, 0.6) is 0 Å². The summed E-state index contributed by atoms with van der Waals surface area (Å²) < 4.78 is 9.77. The Morgan fingerprint density at radius 3 is 2.56 bits per heavy atom. The van der Waals surface area contributed by atoms with Gasteiger partial charge in [-0.05, 0) is 12.5 Å². The lowest BCUT2D eigenvalue weighted by molar-refractivity contribution is 0.185. The maximum atomic E-state index is 8.43. The standard InChI is InChI=1S/C9H12O.C5H7NO2/c1-8-4-3-5-9(6-8)7-10-2;1-4-6-5(2-7)3-8-4/h3-6H,7H2,1-2H3;3,7H,2H2,1H3. The van der Waals surface area contributed by atoms with Crippen LogP contribution in [-0.2, 0) is 18.0 Å². The van der Waals surface area contributed by atoms with Crippen molar-refractivity contribution < 1.29 is 14.3 Å². The fraction of sp³-hybridized carbons (Fsp3) is 0.357. The molecular formula is C14H19NO3. The highest BCUT2D eigenvalue weighted by molar-refractivity contribution is 5.21. The molecule has 0 spiro atoms. The highest BCUT2D eigenvalue weighted by atomic mass is 16.5. The number of rotatable bonds is 3. The maximum Gasteiger partial charge on any atom is 0.191 e. The van der Waals surface area contributed by atoms with Gasteiger partial charge < -0.3 is 14.3 Å². The van der Waals surface area contributed by atoms with Crippen LogP contribution in [0.2, 0.25) is 0 Å². The SMILES string of the molecule is COCc1cccc(C)c1.Cc1nc(CO)co1. The molecule has 1 aromatic carbocycles. The Labute approximate surface area is 107 Å². The summed E-state index contributed by atoms with van der Waals surface area (Å²) in [7, 11) is 1.71. The third-order valence-electron chi connectivity index (χ3n) is 2.22. The minimum absolute atomic E-state index is 0.0443. The molecule has 0 bridgehead atoms. The van der Waals surface area contributed by atoms with Gasteiger partial charge in [0.1, 0.15) is 12.0 Å². The molecule has 2 aromatic rings. The molecule has 0 saturated heterocycles. The second-order valence-corrected chi connectivity index (χ2v) is 3.94. The third-order valence-corrected chi connectivity index (χ3v) is 2.22. The van der Waals surface area contributed by atoms with Crippen molar-refractivity contribution in [2.45, 2.75) is 27.1 Å². The predicted molar refractivity (Wildman–Crippen MR) is 69.1 cm³/mol. The van der Waals surface area contributed by atoms with Crippen LogP contribution in [0.25, 0.3) is 0 Å². The fourth-order valence-corrected chi connectivity index (χ4v) is 1.45. The lowest BCUT2D eigenvalue weighted by Crippen LogP contribution is -1.86. The van der Waals surface area contributed by atoms with Crippen LogP contribution in [0.4, 0.5) is 0 Å². The first-order chi connectivity index (χ1) is 8.65. The van der Waals surface area contributed by atoms with Crippen molar-refractivity contribution in [1.82, 2.24) is 4.98 Å². The Balaban J connectivity index is 0.000000184. The molecule has 0 radical (unpaired) electrons. The highest BCUT2D eigenvalue weighted by Crippen LogP contribution is 2.04. The van der Waals surface area contributed by atoms with Crippen LogP contribution in [0.15, 0.2) is 34.9 Å². The molecule has 0 unspecified atom stereocenters. The van der Waals surface area contributed by atoms with E-state index < -0.39 is 0 Å². The van der Waals surface area contributed by atoms with Crippen LogP contribution in [0, 0.1) is 13.8 Å². The van der Waals surface area contributed by atoms with Crippen molar-refractivity contribution in [2.75, 3.05) is 7.11 Å². The minimum Gasteiger partial charge on any atom is -0.449 e. The Bertz CT molecular complexity index is 466. The van der Waals surface area contributed by atoms with Crippen molar-refractivity contribution in [2.24, 2.45) is 0 Å². The molecule has 4 nitrogen and oxygen atoms in total. The lowest BCUT2D eigenvalue weighted by atomic mass is 10.1. The number of benzene rings is 1. The van der Waals surface area contributed by atoms with Gasteiger partial charge in [-0.1, -0.05) is 29.8 Å². The molecule has 98 valence electrons. The number of hydrogen-bond donors (Lipinski definition) is 1. The number of aryl methyl sites for hydroxylation is 2. The fourth-order valence-electron chi connectivity index (χ4n) is 1.45. The van der Waals surface area contributed by atoms with Gasteiger partial charge in [-0.2, -0.15) is 0 Å². The summed E-state index contributed by atoms with van der Waals surface area (Å²) in [5, 5.41) is 8.43. The van der Waals surface area contributed by atoms with Crippen molar-refractivity contribution in [3.05, 3.63) is 53.2 Å². The van der Waals surface area contributed by atoms with Crippen LogP contribution >= 0.6 is 0 Å². The van der Waals surface area contributed by atoms with E-state index in [2.05, 4.69) is 30.1 Å². The second kappa shape index (κ2) is 7.63. The van der Waals surface area contributed by atoms with Gasteiger partial charge in [-0.15, -0.1) is 0 Å². The number of aliphatic hydroxyl groups excluding tert-OH is 1. The molecule has 0 aliphatic heterocycles. The Kier molecular flexibility index (Phi) is 6.11. The zero-order valence-corrected chi connectivity index (χ0v) is 11.0. The minimum atomic E-state index is -0.0443. The Morgan fingerprint density at radius 2 is 2.11 bits per heavy atom. The van der Waals surface area contributed by atoms with E-state index in [1.54, 1.807) is 14.0 Å². The normalized spacial score (nSPS) is 9.78. The van der Waals surface area contributed by atoms with Gasteiger partial charge in [0.2, 0.25) is 0 Å². The average Bonchev–Trinajstić information content (AvgIpc) is 2.77. The second-order valence-electron chi connectivity index (χ2n) is 3.94. The molecule has 1 N–H and O–H groups in total. The average molecular weight is 249 g/mol. The first kappa shape index (κ1) is 14.4. The zero-order chi connectivity index (χ0) is 13.4. The van der Waals surface area contributed by atoms with Crippen molar-refractivity contribution >= 4 is 0 Å². The van der Waals surface area contributed by atoms with E-state index in [4.69, 9.17) is 14.3 Å². The topological polar surface area (TPSA) is 55.5 Å². The van der Waals surface area contributed by atoms with Gasteiger partial charge in [0.05, 0.1) is 13.2 Å². The molecule has 18 heavy (non-hydrogen) atoms. The summed E-state index contributed by atoms with van der Waals surface area (Å²) in [4.78, 5) is 3.81. The van der Waals surface area contributed by atoms with Gasteiger partial charge in [0.25, 0.3) is 0 Å². The molecule has 1 heterocycles. The maximum absolute atomic E-state index is 8.43. The number of ether oxygens (including phenoxy) is 1. The number of nitrogens with zero attached hydrogens (tertiary/aromatic N) is 1. The number of aliphatic hydroxyl groups is 1. The number of methoxy groups -OCH3 is 1. The molecule has 0 aliphatic rings. The molecule has 0 amide bonds. The summed E-state index contributed by atoms with van der Waals surface area (Å²) in [6.07, 6.45) is 1.44. The van der Waals surface area contributed by atoms with E-state index in [1.165, 1.54) is 17.4 Å². The third kappa shape index (κ3) is 5.12. The predicted octanol–water partition coefficient (Wildman–Crippen LogP) is 2.62. The van der Waals surface area contributed by atoms with E-state index >= 15 is 0 Å². The van der Waals surface area contributed by atoms with Crippen LogP contribution in [0.1, 0.15) is 22.7 Å². The van der Waals surface area contributed by atoms with Gasteiger partial charge in [-0.3, -0.25) is 0 Å². The molecule has 1 aromatic heterocycles. The summed E-state index contributed by atoms with van der Waals surface area (Å²) in [5.41, 5.74) is 3.11. The summed E-state index contributed by atoms with van der Waals surface area (Å²) >= 11 is 0. The van der Waals surface area contributed by atoms with Crippen molar-refractivity contribution in [3.63, 3.8) is 0 Å². The van der Waals surface area contributed by atoms with Crippen molar-refractivity contribution in [3.8, 4) is 0 Å². The molecule has 2 rings (SSSR count). The Morgan fingerprint density at radius 1 is 1.33 bits per heavy atom. The van der Waals surface area contributed by atoms with Gasteiger partial charge >= 0.3 is 0 Å². The zero-order valence-electron chi connectivity index (χ0n) is 11.0. The van der Waals surface area contributed by atoms with Crippen LogP contribution in [-0.4, -0.2) is 17.2 Å². The summed E-state index contributed by atoms with van der Waals surface area (Å²) in [6, 6.07) is 8.32. The molecule has 4 heteroatoms. The number of hydrogen-bond acceptors (Lipinski definition) is 4. The molecule has 0 aliphatic carbocycles. The van der Waals surface area contributed by atoms with Gasteiger partial charge in [-0.25, -0.2) is 4.98 Å². The van der Waals surface area contributed by atoms with Crippen LogP contribution < -0.4 is 0 Å². The smallest absolute Gasteiger partial charge is 0.191 e. The molecule has 0 saturated carbocycles. The van der Waals surface area contributed by atoms with Gasteiger partial charge in [0, 0.05) is 14.0 Å². The lowest BCUT2D eigenvalue weighted by Gasteiger charge is -1.98. The highest BCUT2D eigenvalue weighted by Gasteiger charge is 1.93. The largest absolute Gasteiger partial charge is 0.449 e. The van der Waals surface area contributed by atoms with Crippen molar-refractivity contribution in [1.29, 1.82) is 0 Å². The summed E-state index contributed by atoms with van der Waals surface area (Å²) in [5.74, 6) is 0.592. The number of oxazole rings is 1. The van der Waals surface area contributed by atoms with E-state index in [0.717, 1.165) is 0 Å². The van der Waals surface area contributed by atoms with Gasteiger partial charge in [0.15, 0.2) is 5.89 Å². The number of aromatic nitrogens is 1. The monoisotopic (exact) mass is 249 g/mol.